The normalized spacial score (nSPS) is 18.0. The van der Waals surface area contributed by atoms with E-state index in [9.17, 15) is 14.4 Å². The molecule has 3 heterocycles. The van der Waals surface area contributed by atoms with Crippen molar-refractivity contribution >= 4 is 29.4 Å². The number of nitrogens with one attached hydrogen (secondary N) is 1. The lowest BCUT2D eigenvalue weighted by Gasteiger charge is -2.46. The Bertz CT molecular complexity index is 1230. The van der Waals surface area contributed by atoms with E-state index in [1.165, 1.54) is 4.90 Å². The standard InChI is InChI=1S/C25H29N7O3/c1-4-20(17-8-6-5-7-9-17)29-25(35)32-22(24(34)31(3)18-14-28-30(2)15-18)19(23(32)33)12-16-10-11-27-21(26)13-16/h5-11,13-15,19-20,22H,4,12H2,1-3H3,(H2,26,27)(H,29,35)/t19-,20?,22+/m1/s1. The van der Waals surface area contributed by atoms with Crippen LogP contribution in [0.5, 0.6) is 0 Å². The lowest BCUT2D eigenvalue weighted by atomic mass is 9.81. The summed E-state index contributed by atoms with van der Waals surface area (Å²) in [6.45, 7) is 1.95. The highest BCUT2D eigenvalue weighted by Gasteiger charge is 2.55. The van der Waals surface area contributed by atoms with Gasteiger partial charge in [-0.15, -0.1) is 0 Å². The van der Waals surface area contributed by atoms with Crippen molar-refractivity contribution in [3.05, 3.63) is 72.2 Å². The number of nitrogens with two attached hydrogens (primary N) is 1. The van der Waals surface area contributed by atoms with Gasteiger partial charge >= 0.3 is 6.03 Å². The molecule has 3 N–H and O–H groups in total. The SMILES string of the molecule is CCC(NC(=O)N1C(=O)[C@H](Cc2ccnc(N)c2)[C@H]1C(=O)N(C)c1cnn(C)c1)c1ccccc1. The van der Waals surface area contributed by atoms with Gasteiger partial charge in [-0.3, -0.25) is 19.2 Å². The molecule has 35 heavy (non-hydrogen) atoms. The molecular weight excluding hydrogens is 446 g/mol. The number of nitrogen functional groups attached to an aromatic ring is 1. The van der Waals surface area contributed by atoms with Gasteiger partial charge in [0.05, 0.1) is 23.8 Å². The quantitative estimate of drug-likeness (QED) is 0.505. The van der Waals surface area contributed by atoms with Crippen LogP contribution >= 0.6 is 0 Å². The zero-order valence-electron chi connectivity index (χ0n) is 20.0. The smallest absolute Gasteiger partial charge is 0.325 e. The molecule has 0 spiro atoms. The van der Waals surface area contributed by atoms with E-state index >= 15 is 0 Å². The van der Waals surface area contributed by atoms with E-state index in [4.69, 9.17) is 5.73 Å². The summed E-state index contributed by atoms with van der Waals surface area (Å²) in [6.07, 6.45) is 5.71. The lowest BCUT2D eigenvalue weighted by Crippen LogP contribution is -2.70. The zero-order valence-corrected chi connectivity index (χ0v) is 20.0. The van der Waals surface area contributed by atoms with Gasteiger partial charge in [-0.1, -0.05) is 37.3 Å². The van der Waals surface area contributed by atoms with Crippen LogP contribution in [0.4, 0.5) is 16.3 Å². The number of benzene rings is 1. The third kappa shape index (κ3) is 4.86. The predicted molar refractivity (Wildman–Crippen MR) is 131 cm³/mol. The highest BCUT2D eigenvalue weighted by molar-refractivity contribution is 6.12. The van der Waals surface area contributed by atoms with Crippen LogP contribution in [-0.2, 0) is 23.1 Å². The fraction of sp³-hybridized carbons (Fsp3) is 0.320. The molecule has 182 valence electrons. The Morgan fingerprint density at radius 1 is 1.23 bits per heavy atom. The van der Waals surface area contributed by atoms with Crippen LogP contribution in [-0.4, -0.2) is 50.6 Å². The van der Waals surface area contributed by atoms with Gasteiger partial charge < -0.3 is 16.0 Å². The number of nitrogens with zero attached hydrogens (tertiary/aromatic N) is 5. The van der Waals surface area contributed by atoms with E-state index in [0.29, 0.717) is 17.9 Å². The third-order valence-electron chi connectivity index (χ3n) is 6.30. The molecular formula is C25H29N7O3. The van der Waals surface area contributed by atoms with Gasteiger partial charge in [-0.2, -0.15) is 5.10 Å². The number of carbonyl (C=O) groups is 3. The second-order valence-electron chi connectivity index (χ2n) is 8.64. The molecule has 3 aromatic rings. The molecule has 2 aromatic heterocycles. The van der Waals surface area contributed by atoms with Gasteiger partial charge in [0.2, 0.25) is 5.91 Å². The second kappa shape index (κ2) is 9.96. The number of likely N-dealkylation sites (N-methyl/N-ethyl adjacent to an activating group) is 1. The Hall–Kier alpha value is -4.21. The maximum absolute atomic E-state index is 13.6. The predicted octanol–water partition coefficient (Wildman–Crippen LogP) is 2.29. The van der Waals surface area contributed by atoms with E-state index in [2.05, 4.69) is 15.4 Å². The number of anilines is 2. The number of aromatic nitrogens is 3. The number of pyridine rings is 1. The Morgan fingerprint density at radius 2 is 1.97 bits per heavy atom. The Balaban J connectivity index is 1.59. The van der Waals surface area contributed by atoms with Crippen LogP contribution < -0.4 is 16.0 Å². The summed E-state index contributed by atoms with van der Waals surface area (Å²) >= 11 is 0. The zero-order chi connectivity index (χ0) is 25.1. The maximum atomic E-state index is 13.6. The minimum absolute atomic E-state index is 0.266. The molecule has 10 heteroatoms. The van der Waals surface area contributed by atoms with Crippen molar-refractivity contribution < 1.29 is 14.4 Å². The highest BCUT2D eigenvalue weighted by atomic mass is 16.2. The molecule has 0 bridgehead atoms. The molecule has 0 saturated carbocycles. The molecule has 10 nitrogen and oxygen atoms in total. The van der Waals surface area contributed by atoms with Crippen molar-refractivity contribution in [2.45, 2.75) is 31.8 Å². The first-order chi connectivity index (χ1) is 16.8. The average Bonchev–Trinajstić information content (AvgIpc) is 3.29. The summed E-state index contributed by atoms with van der Waals surface area (Å²) in [5.74, 6) is -1.15. The number of urea groups is 1. The molecule has 3 atom stereocenters. The van der Waals surface area contributed by atoms with Gasteiger partial charge in [0.1, 0.15) is 11.9 Å². The number of amides is 4. The number of rotatable bonds is 7. The molecule has 1 aliphatic heterocycles. The van der Waals surface area contributed by atoms with E-state index in [-0.39, 0.29) is 18.4 Å². The summed E-state index contributed by atoms with van der Waals surface area (Å²) in [5, 5.41) is 7.04. The first kappa shape index (κ1) is 23.9. The van der Waals surface area contributed by atoms with Crippen molar-refractivity contribution in [2.75, 3.05) is 17.7 Å². The Labute approximate surface area is 203 Å². The van der Waals surface area contributed by atoms with Crippen LogP contribution in [0.3, 0.4) is 0 Å². The average molecular weight is 476 g/mol. The van der Waals surface area contributed by atoms with Crippen molar-refractivity contribution in [3.8, 4) is 0 Å². The number of aryl methyl sites for hydroxylation is 1. The van der Waals surface area contributed by atoms with Gasteiger partial charge in [0.15, 0.2) is 0 Å². The fourth-order valence-corrected chi connectivity index (χ4v) is 4.36. The van der Waals surface area contributed by atoms with Crippen LogP contribution in [0.2, 0.25) is 0 Å². The Kier molecular flexibility index (Phi) is 6.81. The minimum Gasteiger partial charge on any atom is -0.384 e. The molecule has 4 rings (SSSR count). The summed E-state index contributed by atoms with van der Waals surface area (Å²) in [7, 11) is 3.36. The molecule has 4 amide bonds. The van der Waals surface area contributed by atoms with Crippen LogP contribution in [0.1, 0.15) is 30.5 Å². The van der Waals surface area contributed by atoms with Crippen molar-refractivity contribution in [3.63, 3.8) is 0 Å². The largest absolute Gasteiger partial charge is 0.384 e. The number of imide groups is 1. The van der Waals surface area contributed by atoms with Crippen molar-refractivity contribution in [1.82, 2.24) is 25.0 Å². The highest BCUT2D eigenvalue weighted by Crippen LogP contribution is 2.33. The van der Waals surface area contributed by atoms with Gasteiger partial charge in [-0.25, -0.2) is 9.78 Å². The second-order valence-corrected chi connectivity index (χ2v) is 8.64. The molecule has 0 aliphatic carbocycles. The summed E-state index contributed by atoms with van der Waals surface area (Å²) < 4.78 is 1.58. The Morgan fingerprint density at radius 3 is 2.60 bits per heavy atom. The van der Waals surface area contributed by atoms with Gasteiger partial charge in [-0.05, 0) is 36.1 Å². The van der Waals surface area contributed by atoms with Crippen molar-refractivity contribution in [1.29, 1.82) is 0 Å². The summed E-state index contributed by atoms with van der Waals surface area (Å²) in [6, 6.07) is 11.1. The molecule has 1 aromatic carbocycles. The number of carbonyl (C=O) groups excluding carboxylic acids is 3. The molecule has 1 unspecified atom stereocenters. The number of β-lactam (4-membered cyclic amide) rings is 1. The minimum atomic E-state index is -0.963. The van der Waals surface area contributed by atoms with Crippen LogP contribution in [0.15, 0.2) is 61.1 Å². The topological polar surface area (TPSA) is 126 Å². The van der Waals surface area contributed by atoms with Crippen LogP contribution in [0.25, 0.3) is 0 Å². The molecule has 1 saturated heterocycles. The summed E-state index contributed by atoms with van der Waals surface area (Å²) in [4.78, 5) is 46.5. The third-order valence-corrected chi connectivity index (χ3v) is 6.30. The first-order valence-corrected chi connectivity index (χ1v) is 11.4. The fourth-order valence-electron chi connectivity index (χ4n) is 4.36. The van der Waals surface area contributed by atoms with Crippen LogP contribution in [0, 0.1) is 5.92 Å². The maximum Gasteiger partial charge on any atom is 0.325 e. The van der Waals surface area contributed by atoms with E-state index in [0.717, 1.165) is 16.0 Å². The summed E-state index contributed by atoms with van der Waals surface area (Å²) in [5.41, 5.74) is 8.06. The van der Waals surface area contributed by atoms with Crippen molar-refractivity contribution in [2.24, 2.45) is 13.0 Å². The number of hydrogen-bond donors (Lipinski definition) is 2. The first-order valence-electron chi connectivity index (χ1n) is 11.4. The van der Waals surface area contributed by atoms with Gasteiger partial charge in [0, 0.05) is 26.5 Å². The van der Waals surface area contributed by atoms with Gasteiger partial charge in [0.25, 0.3) is 5.91 Å². The molecule has 1 aliphatic rings. The van der Waals surface area contributed by atoms with E-state index in [1.54, 1.807) is 49.5 Å². The van der Waals surface area contributed by atoms with E-state index in [1.807, 2.05) is 37.3 Å². The molecule has 1 fully saturated rings. The number of hydrogen-bond acceptors (Lipinski definition) is 6. The van der Waals surface area contributed by atoms with E-state index < -0.39 is 23.9 Å². The lowest BCUT2D eigenvalue weighted by molar-refractivity contribution is -0.156. The monoisotopic (exact) mass is 475 g/mol. The number of likely N-dealkylation sites (tertiary alicyclic amines) is 1. The molecule has 0 radical (unpaired) electrons.